The quantitative estimate of drug-likeness (QED) is 0.377. The number of nitrogens with zero attached hydrogens (tertiary/aromatic N) is 2. The zero-order chi connectivity index (χ0) is 25.1. The molecule has 0 aliphatic rings. The smallest absolute Gasteiger partial charge is 0.324 e. The first-order chi connectivity index (χ1) is 15.9. The molecule has 3 aromatic rings. The van der Waals surface area contributed by atoms with Crippen LogP contribution < -0.4 is 9.62 Å². The van der Waals surface area contributed by atoms with Gasteiger partial charge in [0.05, 0.1) is 32.3 Å². The summed E-state index contributed by atoms with van der Waals surface area (Å²) in [5.41, 5.74) is -1.51. The van der Waals surface area contributed by atoms with Gasteiger partial charge in [0.1, 0.15) is 6.54 Å². The lowest BCUT2D eigenvalue weighted by atomic mass is 10.1. The summed E-state index contributed by atoms with van der Waals surface area (Å²) in [6.45, 7) is 0.527. The van der Waals surface area contributed by atoms with Gasteiger partial charge in [-0.3, -0.25) is 19.2 Å². The molecule has 0 aliphatic heterocycles. The topological polar surface area (TPSA) is 110 Å². The number of amides is 1. The minimum atomic E-state index is -4.74. The van der Waals surface area contributed by atoms with Gasteiger partial charge in [-0.25, -0.2) is 8.42 Å². The number of rotatable bonds is 7. The fourth-order valence-electron chi connectivity index (χ4n) is 3.15. The average Bonchev–Trinajstić information content (AvgIpc) is 2.78. The first kappa shape index (κ1) is 24.7. The maximum atomic E-state index is 13.3. The summed E-state index contributed by atoms with van der Waals surface area (Å²) in [6, 6.07) is 14.5. The lowest BCUT2D eigenvalue weighted by molar-refractivity contribution is -0.385. The molecule has 0 saturated heterocycles. The Hall–Kier alpha value is -3.93. The van der Waals surface area contributed by atoms with Gasteiger partial charge >= 0.3 is 6.18 Å². The molecule has 0 atom stereocenters. The number of alkyl halides is 3. The predicted molar refractivity (Wildman–Crippen MR) is 119 cm³/mol. The number of anilines is 2. The Morgan fingerprint density at radius 2 is 1.68 bits per heavy atom. The van der Waals surface area contributed by atoms with E-state index in [1.165, 1.54) is 49.4 Å². The van der Waals surface area contributed by atoms with E-state index in [2.05, 4.69) is 5.32 Å². The molecule has 178 valence electrons. The summed E-state index contributed by atoms with van der Waals surface area (Å²) in [5, 5.41) is 13.5. The van der Waals surface area contributed by atoms with E-state index in [1.54, 1.807) is 6.07 Å². The molecule has 0 fully saturated rings. The fourth-order valence-corrected chi connectivity index (χ4v) is 4.58. The lowest BCUT2D eigenvalue weighted by Crippen LogP contribution is -2.38. The molecule has 1 amide bonds. The molecule has 3 rings (SSSR count). The minimum absolute atomic E-state index is 0.0697. The predicted octanol–water partition coefficient (Wildman–Crippen LogP) is 4.76. The number of carbonyl (C=O) groups excluding carboxylic acids is 1. The van der Waals surface area contributed by atoms with E-state index in [1.807, 2.05) is 0 Å². The summed E-state index contributed by atoms with van der Waals surface area (Å²) in [5.74, 6) is -0.902. The maximum absolute atomic E-state index is 13.3. The summed E-state index contributed by atoms with van der Waals surface area (Å²) in [7, 11) is -4.44. The van der Waals surface area contributed by atoms with Gasteiger partial charge in [0, 0.05) is 6.07 Å². The highest BCUT2D eigenvalue weighted by Crippen LogP contribution is 2.33. The molecule has 34 heavy (non-hydrogen) atoms. The van der Waals surface area contributed by atoms with Crippen LogP contribution in [0.25, 0.3) is 0 Å². The molecule has 12 heteroatoms. The van der Waals surface area contributed by atoms with Crippen molar-refractivity contribution in [2.75, 3.05) is 16.2 Å². The van der Waals surface area contributed by atoms with Crippen molar-refractivity contribution < 1.29 is 31.3 Å². The molecule has 0 unspecified atom stereocenters. The second kappa shape index (κ2) is 9.51. The monoisotopic (exact) mass is 493 g/mol. The Labute approximate surface area is 192 Å². The molecule has 0 spiro atoms. The number of carbonyl (C=O) groups is 1. The van der Waals surface area contributed by atoms with Gasteiger partial charge in [-0.2, -0.15) is 13.2 Å². The number of sulfonamides is 1. The Bertz CT molecular complexity index is 1330. The number of benzene rings is 3. The van der Waals surface area contributed by atoms with Crippen molar-refractivity contribution >= 4 is 33.0 Å². The van der Waals surface area contributed by atoms with Gasteiger partial charge < -0.3 is 5.32 Å². The highest BCUT2D eigenvalue weighted by Gasteiger charge is 2.33. The molecule has 8 nitrogen and oxygen atoms in total. The molecule has 0 saturated carbocycles. The van der Waals surface area contributed by atoms with Crippen molar-refractivity contribution in [2.45, 2.75) is 18.0 Å². The minimum Gasteiger partial charge on any atom is -0.324 e. The molecule has 0 heterocycles. The van der Waals surface area contributed by atoms with E-state index >= 15 is 0 Å². The van der Waals surface area contributed by atoms with Crippen LogP contribution in [0, 0.1) is 17.0 Å². The summed E-state index contributed by atoms with van der Waals surface area (Å²) in [6.07, 6.45) is -4.74. The van der Waals surface area contributed by atoms with E-state index in [9.17, 15) is 36.5 Å². The van der Waals surface area contributed by atoms with Gasteiger partial charge in [-0.05, 0) is 43.3 Å². The van der Waals surface area contributed by atoms with Crippen LogP contribution in [0.15, 0.2) is 77.7 Å². The third kappa shape index (κ3) is 5.34. The third-order valence-corrected chi connectivity index (χ3v) is 6.64. The Kier molecular flexibility index (Phi) is 6.91. The number of hydrogen-bond acceptors (Lipinski definition) is 5. The van der Waals surface area contributed by atoms with Crippen LogP contribution in [-0.4, -0.2) is 25.8 Å². The van der Waals surface area contributed by atoms with Crippen LogP contribution in [0.1, 0.15) is 11.1 Å². The van der Waals surface area contributed by atoms with Crippen LogP contribution in [0.3, 0.4) is 0 Å². The van der Waals surface area contributed by atoms with Crippen molar-refractivity contribution in [1.29, 1.82) is 0 Å². The molecular formula is C22H18F3N3O5S. The Morgan fingerprint density at radius 3 is 2.29 bits per heavy atom. The molecule has 3 aromatic carbocycles. The van der Waals surface area contributed by atoms with Gasteiger partial charge in [0.25, 0.3) is 15.7 Å². The van der Waals surface area contributed by atoms with Gasteiger partial charge in [-0.1, -0.05) is 30.3 Å². The molecule has 0 aliphatic carbocycles. The Morgan fingerprint density at radius 1 is 1.03 bits per heavy atom. The first-order valence-corrected chi connectivity index (χ1v) is 11.1. The van der Waals surface area contributed by atoms with Crippen LogP contribution >= 0.6 is 0 Å². The second-order valence-corrected chi connectivity index (χ2v) is 8.99. The number of nitrogens with one attached hydrogen (secondary N) is 1. The van der Waals surface area contributed by atoms with E-state index in [0.717, 1.165) is 18.2 Å². The summed E-state index contributed by atoms with van der Waals surface area (Å²) in [4.78, 5) is 23.0. The van der Waals surface area contributed by atoms with Crippen molar-refractivity contribution in [3.63, 3.8) is 0 Å². The third-order valence-electron chi connectivity index (χ3n) is 4.86. The number of hydrogen-bond donors (Lipinski definition) is 1. The number of nitro benzene ring substituents is 1. The zero-order valence-electron chi connectivity index (χ0n) is 17.6. The normalized spacial score (nSPS) is 11.6. The van der Waals surface area contributed by atoms with Crippen molar-refractivity contribution in [1.82, 2.24) is 0 Å². The molecular weight excluding hydrogens is 475 g/mol. The van der Waals surface area contributed by atoms with Crippen LogP contribution in [0.4, 0.5) is 30.2 Å². The largest absolute Gasteiger partial charge is 0.416 e. The van der Waals surface area contributed by atoms with Crippen LogP contribution in [-0.2, 0) is 21.0 Å². The highest BCUT2D eigenvalue weighted by molar-refractivity contribution is 7.92. The fraction of sp³-hybridized carbons (Fsp3) is 0.136. The highest BCUT2D eigenvalue weighted by atomic mass is 32.2. The van der Waals surface area contributed by atoms with Crippen molar-refractivity contribution in [2.24, 2.45) is 0 Å². The van der Waals surface area contributed by atoms with E-state index in [-0.39, 0.29) is 27.5 Å². The van der Waals surface area contributed by atoms with Crippen LogP contribution in [0.5, 0.6) is 0 Å². The SMILES string of the molecule is Cc1c(NC(=O)CN(c2cccc(C(F)(F)F)c2)S(=O)(=O)c2ccccc2)cccc1[N+](=O)[O-]. The number of halogens is 3. The van der Waals surface area contributed by atoms with Gasteiger partial charge in [0.2, 0.25) is 5.91 Å². The maximum Gasteiger partial charge on any atom is 0.416 e. The van der Waals surface area contributed by atoms with Crippen molar-refractivity contribution in [3.8, 4) is 0 Å². The van der Waals surface area contributed by atoms with Crippen molar-refractivity contribution in [3.05, 3.63) is 94.0 Å². The zero-order valence-corrected chi connectivity index (χ0v) is 18.4. The second-order valence-electron chi connectivity index (χ2n) is 7.13. The molecule has 0 bridgehead atoms. The molecule has 0 aromatic heterocycles. The summed E-state index contributed by atoms with van der Waals surface area (Å²) >= 11 is 0. The average molecular weight is 493 g/mol. The van der Waals surface area contributed by atoms with E-state index < -0.39 is 39.1 Å². The summed E-state index contributed by atoms with van der Waals surface area (Å²) < 4.78 is 66.8. The standard InChI is InChI=1S/C22H18F3N3O5S/c1-15-19(11-6-12-20(15)28(30)31)26-21(29)14-27(34(32,33)18-9-3-2-4-10-18)17-8-5-7-16(13-17)22(23,24)25/h2-13H,14H2,1H3,(H,26,29). The molecule has 0 radical (unpaired) electrons. The van der Waals surface area contributed by atoms with Gasteiger partial charge in [0.15, 0.2) is 0 Å². The number of nitro groups is 1. The van der Waals surface area contributed by atoms with E-state index in [0.29, 0.717) is 10.4 Å². The first-order valence-electron chi connectivity index (χ1n) is 9.70. The van der Waals surface area contributed by atoms with E-state index in [4.69, 9.17) is 0 Å². The Balaban J connectivity index is 2.01. The van der Waals surface area contributed by atoms with Gasteiger partial charge in [-0.15, -0.1) is 0 Å². The lowest BCUT2D eigenvalue weighted by Gasteiger charge is -2.25. The molecule has 1 N–H and O–H groups in total. The van der Waals surface area contributed by atoms with Crippen LogP contribution in [0.2, 0.25) is 0 Å².